The van der Waals surface area contributed by atoms with E-state index in [0.29, 0.717) is 45.9 Å². The normalized spacial score (nSPS) is 19.4. The second kappa shape index (κ2) is 15.1. The molecule has 3 aromatic heterocycles. The van der Waals surface area contributed by atoms with E-state index in [4.69, 9.17) is 29.9 Å². The Morgan fingerprint density at radius 3 is 0.855 bits per heavy atom. The first-order valence-corrected chi connectivity index (χ1v) is 45.1. The van der Waals surface area contributed by atoms with Gasteiger partial charge < -0.3 is 9.97 Å². The first-order valence-electron chi connectivity index (χ1n) is 45.1. The molecule has 1 fully saturated rings. The second-order valence-electron chi connectivity index (χ2n) is 44.2. The molecule has 2 spiro atoms. The molecule has 43 rings (SSSR count). The van der Waals surface area contributed by atoms with Crippen molar-refractivity contribution in [3.63, 3.8) is 0 Å². The van der Waals surface area contributed by atoms with Gasteiger partial charge in [-0.2, -0.15) is 0 Å². The molecular weight excluding hydrogens is 1510 g/mol. The van der Waals surface area contributed by atoms with Crippen LogP contribution in [0, 0.1) is 0 Å². The zero-order chi connectivity index (χ0) is 78.9. The molecule has 0 radical (unpaired) electrons. The van der Waals surface area contributed by atoms with Crippen LogP contribution >= 0.6 is 0 Å². The molecule has 7 aliphatic rings. The lowest BCUT2D eigenvalue weighted by Gasteiger charge is -2.52. The molecule has 558 valence electrons. The molecule has 124 heavy (non-hydrogen) atoms. The van der Waals surface area contributed by atoms with E-state index in [1.807, 2.05) is 0 Å². The van der Waals surface area contributed by atoms with Crippen molar-refractivity contribution in [2.24, 2.45) is 0 Å². The van der Waals surface area contributed by atoms with Crippen LogP contribution in [0.1, 0.15) is 124 Å². The Kier molecular flexibility index (Phi) is 6.94. The van der Waals surface area contributed by atoms with Gasteiger partial charge in [0, 0.05) is 56.4 Å². The Morgan fingerprint density at radius 1 is 0.266 bits per heavy atom. The fraction of sp³-hybridized carbons (Fsp3) is 0.148. The van der Waals surface area contributed by atoms with Gasteiger partial charge in [-0.3, -0.25) is 4.90 Å². The van der Waals surface area contributed by atoms with Gasteiger partial charge in [-0.25, -0.2) is 29.9 Å². The van der Waals surface area contributed by atoms with E-state index >= 15 is 0 Å². The molecule has 36 aromatic rings. The van der Waals surface area contributed by atoms with Crippen molar-refractivity contribution in [2.75, 3.05) is 13.6 Å². The SMILES string of the molecule is CN1CC23c4c5c6c7c8c9c(c%10c%11c2c2c4c4c%12c5c5c6c6c8c8c%13c9c9c%10c%10c%11c%11c2c2c4c4c%12c%12c5c5c6c8c6c8c%13c9c9c%10c%10c%11c2c2c4c4c%12c5c6c5c8c9c%10c2c45)C73C1c1ccc(/C=C/c2ccc3c4nc5nc(nc6[nH]c(nc7nc(nc([nH]4)c3c2)-c2ccc(C(C)(C)C)cc2-7)c2ccc(C(C)(C)C)cc62)-c2ccc(C(C)(C)C)cc2-5)cc1. The number of aromatic amines is 2. The monoisotopic (exact) mass is 1560 g/mol. The number of rotatable bonds is 3. The van der Waals surface area contributed by atoms with Crippen LogP contribution in [-0.2, 0) is 27.1 Å². The van der Waals surface area contributed by atoms with Gasteiger partial charge in [-0.15, -0.1) is 0 Å². The van der Waals surface area contributed by atoms with Crippen molar-refractivity contribution < 1.29 is 0 Å². The Morgan fingerprint density at radius 2 is 0.524 bits per heavy atom. The van der Waals surface area contributed by atoms with E-state index in [1.54, 1.807) is 313 Å². The number of likely N-dealkylation sites (N-methyl/N-ethyl adjacent to an activating group) is 1. The molecule has 1 saturated heterocycles. The molecule has 33 aromatic carbocycles. The van der Waals surface area contributed by atoms with Crippen LogP contribution in [0.25, 0.3) is 393 Å². The third kappa shape index (κ3) is 4.41. The van der Waals surface area contributed by atoms with Crippen molar-refractivity contribution in [3.05, 3.63) is 153 Å². The summed E-state index contributed by atoms with van der Waals surface area (Å²) in [7, 11) is 2.58. The van der Waals surface area contributed by atoms with Gasteiger partial charge in [0.2, 0.25) is 0 Å². The maximum Gasteiger partial charge on any atom is 0.164 e. The minimum absolute atomic E-state index is 0.0248. The van der Waals surface area contributed by atoms with Crippen LogP contribution < -0.4 is 0 Å². The van der Waals surface area contributed by atoms with Gasteiger partial charge in [0.25, 0.3) is 0 Å². The van der Waals surface area contributed by atoms with E-state index in [1.165, 1.54) is 27.8 Å². The number of fused-ring (bicyclic) bond motifs is 20. The summed E-state index contributed by atoms with van der Waals surface area (Å²) in [6.07, 6.45) is 4.65. The Hall–Kier alpha value is -14.4. The van der Waals surface area contributed by atoms with Crippen molar-refractivity contribution in [1.29, 1.82) is 0 Å². The van der Waals surface area contributed by atoms with E-state index in [9.17, 15) is 0 Å². The lowest BCUT2D eigenvalue weighted by molar-refractivity contribution is 0.271. The van der Waals surface area contributed by atoms with E-state index < -0.39 is 5.41 Å². The fourth-order valence-electron chi connectivity index (χ4n) is 33.9. The highest BCUT2D eigenvalue weighted by Crippen LogP contribution is 2.87. The van der Waals surface area contributed by atoms with Gasteiger partial charge in [0.1, 0.15) is 22.6 Å². The van der Waals surface area contributed by atoms with Crippen molar-refractivity contribution in [2.45, 2.75) is 95.4 Å². The topological polar surface area (TPSA) is 112 Å². The summed E-state index contributed by atoms with van der Waals surface area (Å²) in [6.45, 7) is 21.3. The number of nitrogens with zero attached hydrogens (tertiary/aromatic N) is 7. The van der Waals surface area contributed by atoms with E-state index in [2.05, 4.69) is 193 Å². The van der Waals surface area contributed by atoms with Gasteiger partial charge in [-0.05, 0) is 400 Å². The number of benzene rings is 23. The zero-order valence-electron chi connectivity index (χ0n) is 68.3. The molecule has 9 heteroatoms. The molecule has 1 atom stereocenters. The molecular formula is C115H53N9. The molecule has 4 aliphatic carbocycles. The third-order valence-electron chi connectivity index (χ3n) is 37.1. The predicted octanol–water partition coefficient (Wildman–Crippen LogP) is 29.2. The summed E-state index contributed by atoms with van der Waals surface area (Å²) >= 11 is 0. The highest BCUT2D eigenvalue weighted by atomic mass is 15.2. The lowest BCUT2D eigenvalue weighted by atomic mass is 9.47. The van der Waals surface area contributed by atoms with Gasteiger partial charge in [0.05, 0.1) is 10.8 Å². The number of H-pyrrole nitrogens is 2. The van der Waals surface area contributed by atoms with Crippen LogP contribution in [-0.4, -0.2) is 58.4 Å². The number of hydrogen-bond donors (Lipinski definition) is 2. The van der Waals surface area contributed by atoms with E-state index in [-0.39, 0.29) is 27.7 Å². The first kappa shape index (κ1) is 57.0. The van der Waals surface area contributed by atoms with Crippen LogP contribution in [0.15, 0.2) is 97.1 Å². The number of nitrogens with one attached hydrogen (secondary N) is 2. The van der Waals surface area contributed by atoms with Gasteiger partial charge >= 0.3 is 0 Å². The van der Waals surface area contributed by atoms with Gasteiger partial charge in [0.15, 0.2) is 23.3 Å². The summed E-state index contributed by atoms with van der Waals surface area (Å²) in [6, 6.07) is 37.0. The maximum atomic E-state index is 5.63. The highest BCUT2D eigenvalue weighted by molar-refractivity contribution is 6.82. The molecule has 1 unspecified atom stereocenters. The standard InChI is InChI=1S/C115H53N9/c1-111(2,3)33-18-22-37-41(26-33)109-119-104(37)117-107-40-25-31(15-21-36(40)103(116-107)118-108-42-27-34(112(4,5)6)19-23-38(42)105(120-108)122-110-43-28-35(113(7,8)9)20-24-39(43)106(121-109)123-110)12-11-30-13-16-32(17-14-30)102-115-100-94-88-78-66-58-50-46-44-45-48-52(50)60(66)70-64-56(48)57-49(45)53-51-47(44)55-54(46)62-68(58)76-82-72(62)73-63(55)69-59(51)67-61(53)71-65(57)75-74(64)86(80(70)88)96(100)97-87(75)81(71)89-79(67)85-77(69)83(73)91-90(82)98(92(94)84(76)78)114(115,29-124(102)10)99(91)93(85)95(89)101(97)115/h11-28,102H,29H2,1-10H3,(H2,116,117,118,119,120,121,122,123)/b12-11+. The molecule has 3 aliphatic heterocycles. The largest absolute Gasteiger partial charge is 0.324 e. The summed E-state index contributed by atoms with van der Waals surface area (Å²) < 4.78 is 0. The summed E-state index contributed by atoms with van der Waals surface area (Å²) in [4.78, 5) is 43.6. The van der Waals surface area contributed by atoms with Crippen LogP contribution in [0.5, 0.6) is 0 Å². The molecule has 0 amide bonds. The Labute approximate surface area is 694 Å². The van der Waals surface area contributed by atoms with Crippen molar-refractivity contribution in [1.82, 2.24) is 44.8 Å². The first-order chi connectivity index (χ1) is 60.4. The van der Waals surface area contributed by atoms with E-state index in [0.717, 1.165) is 55.9 Å². The minimum atomic E-state index is -0.452. The predicted molar refractivity (Wildman–Crippen MR) is 517 cm³/mol. The summed E-state index contributed by atoms with van der Waals surface area (Å²) in [5.41, 5.74) is 19.4. The third-order valence-corrected chi connectivity index (χ3v) is 37.1. The van der Waals surface area contributed by atoms with Crippen LogP contribution in [0.3, 0.4) is 0 Å². The average Bonchev–Trinajstić information content (AvgIpc) is 1.38. The number of hydrogen-bond acceptors (Lipinski definition) is 7. The van der Waals surface area contributed by atoms with Crippen molar-refractivity contribution in [3.8, 4) is 45.6 Å². The molecule has 6 heterocycles. The average molecular weight is 1560 g/mol. The maximum absolute atomic E-state index is 5.63. The van der Waals surface area contributed by atoms with Crippen LogP contribution in [0.2, 0.25) is 0 Å². The second-order valence-corrected chi connectivity index (χ2v) is 44.2. The molecule has 8 bridgehead atoms. The number of likely N-dealkylation sites (tertiary alicyclic amines) is 1. The summed E-state index contributed by atoms with van der Waals surface area (Å²) in [5, 5.41) is 92.4. The fourth-order valence-corrected chi connectivity index (χ4v) is 33.9. The quantitative estimate of drug-likeness (QED) is 0.134. The molecule has 0 saturated carbocycles. The van der Waals surface area contributed by atoms with Crippen LogP contribution in [0.4, 0.5) is 0 Å². The Bertz CT molecular complexity index is 11300. The molecule has 9 nitrogen and oxygen atoms in total. The highest BCUT2D eigenvalue weighted by Gasteiger charge is 2.76. The Balaban J connectivity index is 0.566. The lowest BCUT2D eigenvalue weighted by Crippen LogP contribution is -2.51. The summed E-state index contributed by atoms with van der Waals surface area (Å²) in [5.74, 6) is 2.38. The number of aromatic nitrogens is 8. The smallest absolute Gasteiger partial charge is 0.164 e. The van der Waals surface area contributed by atoms with Crippen molar-refractivity contribution >= 4 is 347 Å². The minimum Gasteiger partial charge on any atom is -0.324 e. The van der Waals surface area contributed by atoms with Gasteiger partial charge in [-0.1, -0.05) is 141 Å². The molecule has 2 N–H and O–H groups in total. The zero-order valence-corrected chi connectivity index (χ0v) is 68.3.